The molecule has 1 fully saturated rings. The van der Waals surface area contributed by atoms with Crippen LogP contribution in [0, 0.1) is 10.8 Å². The lowest BCUT2D eigenvalue weighted by molar-refractivity contribution is -0.177. The smallest absolute Gasteiger partial charge is 0.410 e. The van der Waals surface area contributed by atoms with Gasteiger partial charge < -0.3 is 19.9 Å². The summed E-state index contributed by atoms with van der Waals surface area (Å²) >= 11 is 0. The third kappa shape index (κ3) is 7.32. The predicted molar refractivity (Wildman–Crippen MR) is 91.9 cm³/mol. The van der Waals surface area contributed by atoms with E-state index in [1.54, 1.807) is 27.7 Å². The van der Waals surface area contributed by atoms with Crippen LogP contribution in [0.2, 0.25) is 0 Å². The molecule has 0 saturated heterocycles. The fourth-order valence-electron chi connectivity index (χ4n) is 2.95. The molecule has 25 heavy (non-hydrogen) atoms. The minimum atomic E-state index is -0.950. The Kier molecular flexibility index (Phi) is 7.70. The van der Waals surface area contributed by atoms with E-state index in [1.807, 2.05) is 0 Å². The third-order valence-electron chi connectivity index (χ3n) is 4.47. The molecule has 0 aromatic carbocycles. The molecule has 1 unspecified atom stereocenters. The van der Waals surface area contributed by atoms with E-state index < -0.39 is 35.2 Å². The molecule has 0 heterocycles. The van der Waals surface area contributed by atoms with Crippen molar-refractivity contribution < 1.29 is 29.0 Å². The van der Waals surface area contributed by atoms with Crippen LogP contribution in [0.25, 0.3) is 0 Å². The number of carboxylic acid groups (broad SMARTS) is 1. The highest BCUT2D eigenvalue weighted by Crippen LogP contribution is 2.38. The predicted octanol–water partition coefficient (Wildman–Crippen LogP) is 3.46. The van der Waals surface area contributed by atoms with Gasteiger partial charge in [0.25, 0.3) is 0 Å². The van der Waals surface area contributed by atoms with Crippen molar-refractivity contribution in [3.8, 4) is 0 Å². The van der Waals surface area contributed by atoms with Crippen LogP contribution in [0.15, 0.2) is 0 Å². The summed E-state index contributed by atoms with van der Waals surface area (Å²) in [6, 6.07) is 0. The van der Waals surface area contributed by atoms with Gasteiger partial charge in [-0.1, -0.05) is 26.2 Å². The van der Waals surface area contributed by atoms with Crippen molar-refractivity contribution in [3.63, 3.8) is 0 Å². The number of hydrogen-bond acceptors (Lipinski definition) is 5. The van der Waals surface area contributed by atoms with E-state index in [-0.39, 0.29) is 13.0 Å². The maximum absolute atomic E-state index is 12.0. The molecule has 2 N–H and O–H groups in total. The van der Waals surface area contributed by atoms with Crippen molar-refractivity contribution in [2.45, 2.75) is 78.9 Å². The van der Waals surface area contributed by atoms with Crippen molar-refractivity contribution >= 4 is 18.0 Å². The number of carbonyl (C=O) groups excluding carboxylic acids is 2. The number of ether oxygens (including phenoxy) is 2. The lowest BCUT2D eigenvalue weighted by Gasteiger charge is -2.36. The summed E-state index contributed by atoms with van der Waals surface area (Å²) < 4.78 is 10.4. The molecule has 1 atom stereocenters. The van der Waals surface area contributed by atoms with E-state index in [0.29, 0.717) is 6.42 Å². The Morgan fingerprint density at radius 2 is 1.72 bits per heavy atom. The number of carboxylic acids is 1. The first-order valence-electron chi connectivity index (χ1n) is 8.95. The fraction of sp³-hybridized carbons (Fsp3) is 0.833. The van der Waals surface area contributed by atoms with Gasteiger partial charge in [0.2, 0.25) is 6.29 Å². The first-order chi connectivity index (χ1) is 11.6. The molecule has 1 aliphatic rings. The number of amides is 1. The molecule has 0 spiro atoms. The van der Waals surface area contributed by atoms with Crippen LogP contribution < -0.4 is 5.32 Å². The summed E-state index contributed by atoms with van der Waals surface area (Å²) in [6.07, 6.45) is 3.30. The number of hydrogen-bond donors (Lipinski definition) is 2. The maximum Gasteiger partial charge on any atom is 0.410 e. The molecule has 0 bridgehead atoms. The lowest BCUT2D eigenvalue weighted by Crippen LogP contribution is -2.42. The van der Waals surface area contributed by atoms with Gasteiger partial charge in [-0.15, -0.1) is 0 Å². The molecule has 7 nitrogen and oxygen atoms in total. The van der Waals surface area contributed by atoms with E-state index >= 15 is 0 Å². The minimum Gasteiger partial charge on any atom is -0.481 e. The first-order valence-corrected chi connectivity index (χ1v) is 8.95. The highest BCUT2D eigenvalue weighted by Gasteiger charge is 2.35. The van der Waals surface area contributed by atoms with Crippen LogP contribution in [0.5, 0.6) is 0 Å². The second kappa shape index (κ2) is 9.06. The molecule has 0 aliphatic heterocycles. The Balaban J connectivity index is 2.55. The van der Waals surface area contributed by atoms with Crippen molar-refractivity contribution in [1.82, 2.24) is 5.32 Å². The topological polar surface area (TPSA) is 102 Å². The highest BCUT2D eigenvalue weighted by molar-refractivity contribution is 5.75. The van der Waals surface area contributed by atoms with Crippen LogP contribution >= 0.6 is 0 Å². The number of esters is 1. The number of alkyl carbamates (subject to hydrolysis) is 1. The van der Waals surface area contributed by atoms with Gasteiger partial charge >= 0.3 is 18.0 Å². The van der Waals surface area contributed by atoms with E-state index in [1.165, 1.54) is 0 Å². The van der Waals surface area contributed by atoms with Crippen molar-refractivity contribution in [3.05, 3.63) is 0 Å². The summed E-state index contributed by atoms with van der Waals surface area (Å²) in [5, 5.41) is 11.8. The Labute approximate surface area is 149 Å². The zero-order chi connectivity index (χ0) is 19.1. The van der Waals surface area contributed by atoms with Crippen molar-refractivity contribution in [2.24, 2.45) is 10.8 Å². The second-order valence-corrected chi connectivity index (χ2v) is 7.88. The zero-order valence-electron chi connectivity index (χ0n) is 15.7. The van der Waals surface area contributed by atoms with E-state index in [4.69, 9.17) is 14.6 Å². The Bertz CT molecular complexity index is 476. The average molecular weight is 357 g/mol. The van der Waals surface area contributed by atoms with Gasteiger partial charge in [-0.3, -0.25) is 9.59 Å². The quantitative estimate of drug-likeness (QED) is 0.534. The van der Waals surface area contributed by atoms with Gasteiger partial charge in [0, 0.05) is 13.0 Å². The van der Waals surface area contributed by atoms with Gasteiger partial charge in [0.1, 0.15) is 0 Å². The molecule has 0 aromatic heterocycles. The molecule has 0 radical (unpaired) electrons. The first kappa shape index (κ1) is 21.3. The number of aliphatic carboxylic acids is 1. The second-order valence-electron chi connectivity index (χ2n) is 7.88. The number of rotatable bonds is 7. The van der Waals surface area contributed by atoms with Crippen LogP contribution in [-0.2, 0) is 19.1 Å². The minimum absolute atomic E-state index is 0.0312. The third-order valence-corrected chi connectivity index (χ3v) is 4.47. The van der Waals surface area contributed by atoms with E-state index in [9.17, 15) is 14.4 Å². The molecular weight excluding hydrogens is 326 g/mol. The largest absolute Gasteiger partial charge is 0.481 e. The molecule has 1 rings (SSSR count). The SMILES string of the molecule is CCC(OC(=O)NCC1(CC(=O)O)CCCCC1)OC(=O)C(C)(C)C. The Morgan fingerprint density at radius 1 is 1.12 bits per heavy atom. The number of nitrogens with one attached hydrogen (secondary N) is 1. The van der Waals surface area contributed by atoms with Crippen molar-refractivity contribution in [2.75, 3.05) is 6.54 Å². The van der Waals surface area contributed by atoms with Crippen LogP contribution in [0.1, 0.15) is 72.6 Å². The van der Waals surface area contributed by atoms with E-state index in [2.05, 4.69) is 5.32 Å². The standard InChI is InChI=1S/C18H31NO6/c1-5-14(24-15(22)17(2,3)4)25-16(23)19-12-18(11-13(20)21)9-7-6-8-10-18/h14H,5-12H2,1-4H3,(H,19,23)(H,20,21). The van der Waals surface area contributed by atoms with Gasteiger partial charge in [0.15, 0.2) is 0 Å². The molecular formula is C18H31NO6. The normalized spacial score (nSPS) is 18.1. The molecule has 1 saturated carbocycles. The van der Waals surface area contributed by atoms with Gasteiger partial charge in [0.05, 0.1) is 11.8 Å². The van der Waals surface area contributed by atoms with Crippen LogP contribution in [0.4, 0.5) is 4.79 Å². The zero-order valence-corrected chi connectivity index (χ0v) is 15.7. The molecule has 1 amide bonds. The molecule has 144 valence electrons. The summed E-state index contributed by atoms with van der Waals surface area (Å²) in [4.78, 5) is 35.1. The molecule has 7 heteroatoms. The number of carbonyl (C=O) groups is 3. The lowest BCUT2D eigenvalue weighted by atomic mass is 9.72. The molecule has 1 aliphatic carbocycles. The summed E-state index contributed by atoms with van der Waals surface area (Å²) in [6.45, 7) is 7.17. The maximum atomic E-state index is 12.0. The molecule has 0 aromatic rings. The van der Waals surface area contributed by atoms with Crippen LogP contribution in [-0.4, -0.2) is 36.0 Å². The van der Waals surface area contributed by atoms with Gasteiger partial charge in [-0.25, -0.2) is 4.79 Å². The average Bonchev–Trinajstić information content (AvgIpc) is 2.51. The van der Waals surface area contributed by atoms with Crippen LogP contribution in [0.3, 0.4) is 0 Å². The summed E-state index contributed by atoms with van der Waals surface area (Å²) in [5.74, 6) is -1.30. The fourth-order valence-corrected chi connectivity index (χ4v) is 2.95. The van der Waals surface area contributed by atoms with E-state index in [0.717, 1.165) is 32.1 Å². The summed E-state index contributed by atoms with van der Waals surface area (Å²) in [5.41, 5.74) is -1.10. The van der Waals surface area contributed by atoms with Gasteiger partial charge in [-0.05, 0) is 39.0 Å². The highest BCUT2D eigenvalue weighted by atomic mass is 16.7. The monoisotopic (exact) mass is 357 g/mol. The Hall–Kier alpha value is -1.79. The summed E-state index contributed by atoms with van der Waals surface area (Å²) in [7, 11) is 0. The van der Waals surface area contributed by atoms with Crippen molar-refractivity contribution in [1.29, 1.82) is 0 Å². The Morgan fingerprint density at radius 3 is 2.20 bits per heavy atom. The van der Waals surface area contributed by atoms with Gasteiger partial charge in [-0.2, -0.15) is 0 Å².